The number of fused-ring (bicyclic) bond motifs is 2. The van der Waals surface area contributed by atoms with E-state index >= 15 is 0 Å². The third kappa shape index (κ3) is 11.1. The molecule has 0 N–H and O–H groups in total. The highest BCUT2D eigenvalue weighted by Crippen LogP contribution is 2.35. The maximum absolute atomic E-state index is 5.87. The van der Waals surface area contributed by atoms with Crippen molar-refractivity contribution in [3.63, 3.8) is 0 Å². The van der Waals surface area contributed by atoms with Gasteiger partial charge in [-0.05, 0) is 103 Å². The summed E-state index contributed by atoms with van der Waals surface area (Å²) >= 11 is 6.95. The Morgan fingerprint density at radius 1 is 0.481 bits per heavy atom. The molecule has 8 nitrogen and oxygen atoms in total. The lowest BCUT2D eigenvalue weighted by molar-refractivity contribution is 0.271. The van der Waals surface area contributed by atoms with Crippen molar-refractivity contribution in [3.8, 4) is 33.8 Å². The predicted molar refractivity (Wildman–Crippen MR) is 221 cm³/mol. The van der Waals surface area contributed by atoms with Crippen LogP contribution in [0.5, 0.6) is 11.5 Å². The molecule has 0 amide bonds. The first kappa shape index (κ1) is 42.6. The Bertz CT molecular complexity index is 1870. The maximum Gasteiger partial charge on any atom is 0.128 e. The van der Waals surface area contributed by atoms with Gasteiger partial charge in [0.1, 0.15) is 33.6 Å². The normalized spacial score (nSPS) is 11.2. The number of ether oxygens (including phenoxy) is 2. The fourth-order valence-corrected chi connectivity index (χ4v) is 6.08. The SMILES string of the molecule is C.CC(C)COc1ccc(-c2ccc(-c3ccc(OCC(C)C)cc3)c3nn(CC(C)C)nc23)cc1.CC(C)Cn1nc2c(Br)ccc(Br)c2n1.F. The molecule has 0 aliphatic heterocycles. The van der Waals surface area contributed by atoms with Gasteiger partial charge in [-0.1, -0.05) is 99.2 Å². The number of halogens is 3. The molecule has 0 unspecified atom stereocenters. The summed E-state index contributed by atoms with van der Waals surface area (Å²) in [5.74, 6) is 3.77. The average molecular weight is 841 g/mol. The molecule has 6 aromatic rings. The zero-order valence-electron chi connectivity index (χ0n) is 30.7. The molecule has 0 fully saturated rings. The Balaban J connectivity index is 0.000000360. The van der Waals surface area contributed by atoms with Crippen molar-refractivity contribution < 1.29 is 14.2 Å². The highest BCUT2D eigenvalue weighted by atomic mass is 79.9. The smallest absolute Gasteiger partial charge is 0.128 e. The van der Waals surface area contributed by atoms with Crippen molar-refractivity contribution in [2.45, 2.75) is 75.9 Å². The summed E-state index contributed by atoms with van der Waals surface area (Å²) in [5.41, 5.74) is 8.00. The van der Waals surface area contributed by atoms with E-state index in [-0.39, 0.29) is 12.1 Å². The largest absolute Gasteiger partial charge is 0.493 e. The van der Waals surface area contributed by atoms with Gasteiger partial charge in [0.25, 0.3) is 0 Å². The topological polar surface area (TPSA) is 79.9 Å². The fourth-order valence-electron chi connectivity index (χ4n) is 5.28. The van der Waals surface area contributed by atoms with E-state index < -0.39 is 0 Å². The lowest BCUT2D eigenvalue weighted by Crippen LogP contribution is -2.07. The van der Waals surface area contributed by atoms with Crippen LogP contribution in [0.1, 0.15) is 62.8 Å². The van der Waals surface area contributed by atoms with E-state index in [9.17, 15) is 0 Å². The summed E-state index contributed by atoms with van der Waals surface area (Å²) in [4.78, 5) is 3.59. The number of rotatable bonds is 12. The summed E-state index contributed by atoms with van der Waals surface area (Å²) in [6.07, 6.45) is 0. The summed E-state index contributed by atoms with van der Waals surface area (Å²) in [5, 5.41) is 18.7. The van der Waals surface area contributed by atoms with Gasteiger partial charge >= 0.3 is 0 Å². The van der Waals surface area contributed by atoms with Gasteiger partial charge < -0.3 is 9.47 Å². The van der Waals surface area contributed by atoms with Gasteiger partial charge in [0.05, 0.1) is 26.3 Å². The monoisotopic (exact) mass is 838 g/mol. The van der Waals surface area contributed by atoms with Gasteiger partial charge in [0, 0.05) is 20.1 Å². The van der Waals surface area contributed by atoms with Gasteiger partial charge in [0.15, 0.2) is 0 Å². The second-order valence-electron chi connectivity index (χ2n) is 14.3. The fraction of sp³-hybridized carbons (Fsp3) is 0.415. The average Bonchev–Trinajstić information content (AvgIpc) is 3.69. The molecule has 0 saturated heterocycles. The molecule has 11 heteroatoms. The molecule has 0 aliphatic rings. The Morgan fingerprint density at radius 2 is 0.808 bits per heavy atom. The van der Waals surface area contributed by atoms with E-state index in [1.807, 2.05) is 41.2 Å². The minimum atomic E-state index is 0. The molecule has 2 heterocycles. The van der Waals surface area contributed by atoms with Crippen LogP contribution in [-0.4, -0.2) is 43.2 Å². The first-order chi connectivity index (χ1) is 23.9. The van der Waals surface area contributed by atoms with Gasteiger partial charge in [0.2, 0.25) is 0 Å². The molecule has 4 aromatic carbocycles. The van der Waals surface area contributed by atoms with Crippen LogP contribution in [0.15, 0.2) is 81.7 Å². The Hall–Kier alpha value is -3.83. The van der Waals surface area contributed by atoms with E-state index in [4.69, 9.17) is 19.7 Å². The second kappa shape index (κ2) is 19.3. The van der Waals surface area contributed by atoms with Gasteiger partial charge in [-0.15, -0.1) is 0 Å². The number of nitrogens with zero attached hydrogens (tertiary/aromatic N) is 6. The van der Waals surface area contributed by atoms with Crippen molar-refractivity contribution in [1.82, 2.24) is 30.0 Å². The minimum Gasteiger partial charge on any atom is -0.493 e. The highest BCUT2D eigenvalue weighted by Gasteiger charge is 2.16. The minimum absolute atomic E-state index is 0. The highest BCUT2D eigenvalue weighted by molar-refractivity contribution is 9.11. The first-order valence-electron chi connectivity index (χ1n) is 17.4. The molecule has 0 atom stereocenters. The number of hydrogen-bond donors (Lipinski definition) is 0. The Morgan fingerprint density at radius 3 is 1.12 bits per heavy atom. The zero-order chi connectivity index (χ0) is 35.9. The molecule has 0 radical (unpaired) electrons. The molecule has 6 rings (SSSR count). The van der Waals surface area contributed by atoms with Gasteiger partial charge in [-0.2, -0.15) is 30.0 Å². The molecule has 0 aliphatic carbocycles. The van der Waals surface area contributed by atoms with Crippen LogP contribution in [0, 0.1) is 23.7 Å². The van der Waals surface area contributed by atoms with Crippen molar-refractivity contribution in [1.29, 1.82) is 0 Å². The van der Waals surface area contributed by atoms with Crippen LogP contribution in [0.4, 0.5) is 4.70 Å². The summed E-state index contributed by atoms with van der Waals surface area (Å²) in [6.45, 7) is 20.3. The van der Waals surface area contributed by atoms with Crippen LogP contribution in [0.25, 0.3) is 44.3 Å². The Kier molecular flexibility index (Phi) is 15.8. The lowest BCUT2D eigenvalue weighted by atomic mass is 9.98. The van der Waals surface area contributed by atoms with E-state index in [1.165, 1.54) is 0 Å². The van der Waals surface area contributed by atoms with Crippen molar-refractivity contribution in [2.24, 2.45) is 23.7 Å². The van der Waals surface area contributed by atoms with E-state index in [1.54, 1.807) is 4.80 Å². The molecule has 0 bridgehead atoms. The first-order valence-corrected chi connectivity index (χ1v) is 19.0. The quantitative estimate of drug-likeness (QED) is 0.122. The molecular weight excluding hydrogens is 787 g/mol. The van der Waals surface area contributed by atoms with E-state index in [2.05, 4.69) is 134 Å². The summed E-state index contributed by atoms with van der Waals surface area (Å²) in [6, 6.07) is 24.8. The van der Waals surface area contributed by atoms with E-state index in [0.717, 1.165) is 77.9 Å². The maximum atomic E-state index is 5.87. The van der Waals surface area contributed by atoms with Crippen molar-refractivity contribution in [3.05, 3.63) is 81.7 Å². The third-order valence-electron chi connectivity index (χ3n) is 7.62. The summed E-state index contributed by atoms with van der Waals surface area (Å²) < 4.78 is 13.7. The van der Waals surface area contributed by atoms with E-state index in [0.29, 0.717) is 36.9 Å². The van der Waals surface area contributed by atoms with Crippen LogP contribution >= 0.6 is 31.9 Å². The molecular formula is C41H53Br2FN6O2. The van der Waals surface area contributed by atoms with Crippen molar-refractivity contribution >= 4 is 53.9 Å². The van der Waals surface area contributed by atoms with Crippen LogP contribution in [-0.2, 0) is 13.1 Å². The van der Waals surface area contributed by atoms with Crippen LogP contribution in [0.2, 0.25) is 0 Å². The summed E-state index contributed by atoms with van der Waals surface area (Å²) in [7, 11) is 0. The molecule has 52 heavy (non-hydrogen) atoms. The third-order valence-corrected chi connectivity index (χ3v) is 8.90. The van der Waals surface area contributed by atoms with Gasteiger partial charge in [-0.3, -0.25) is 4.70 Å². The lowest BCUT2D eigenvalue weighted by Gasteiger charge is -2.11. The molecule has 2 aromatic heterocycles. The Labute approximate surface area is 324 Å². The molecule has 280 valence electrons. The number of hydrogen-bond acceptors (Lipinski definition) is 6. The van der Waals surface area contributed by atoms with Crippen LogP contribution in [0.3, 0.4) is 0 Å². The number of aromatic nitrogens is 6. The number of benzene rings is 4. The zero-order valence-corrected chi connectivity index (χ0v) is 33.9. The van der Waals surface area contributed by atoms with Gasteiger partial charge in [-0.25, -0.2) is 0 Å². The molecule has 0 saturated carbocycles. The van der Waals surface area contributed by atoms with Crippen molar-refractivity contribution in [2.75, 3.05) is 13.2 Å². The molecule has 0 spiro atoms. The van der Waals surface area contributed by atoms with Crippen LogP contribution < -0.4 is 9.47 Å². The predicted octanol–water partition coefficient (Wildman–Crippen LogP) is 11.9. The standard InChI is InChI=1S/C30H37N3O2.C10H11Br2N3.CH4.FH/c1-20(2)17-33-31-29-27(23-7-11-25(12-8-23)34-18-21(3)4)15-16-28(30(29)32-33)24-9-13-26(14-10-24)35-19-22(5)6;1-6(2)5-15-13-9-7(11)3-4-8(12)10(9)14-15;;/h7-16,20-22H,17-19H2,1-6H3;3-4,6H,5H2,1-2H3;1H4;1H. The second-order valence-corrected chi connectivity index (χ2v) is 16.0.